The normalized spacial score (nSPS) is 18.6. The van der Waals surface area contributed by atoms with E-state index in [-0.39, 0.29) is 5.91 Å². The van der Waals surface area contributed by atoms with Gasteiger partial charge < -0.3 is 10.2 Å². The highest BCUT2D eigenvalue weighted by atomic mass is 16.1. The van der Waals surface area contributed by atoms with E-state index >= 15 is 0 Å². The number of piperidine rings is 1. The Balaban J connectivity index is 1.57. The predicted molar refractivity (Wildman–Crippen MR) is 94.4 cm³/mol. The van der Waals surface area contributed by atoms with Crippen LogP contribution in [0.5, 0.6) is 0 Å². The Morgan fingerprint density at radius 3 is 2.48 bits per heavy atom. The van der Waals surface area contributed by atoms with E-state index in [1.807, 2.05) is 42.5 Å². The summed E-state index contributed by atoms with van der Waals surface area (Å²) in [4.78, 5) is 14.6. The highest BCUT2D eigenvalue weighted by Crippen LogP contribution is 2.19. The number of carbonyl (C=O) groups is 1. The average molecular weight is 308 g/mol. The van der Waals surface area contributed by atoms with Crippen LogP contribution in [0.2, 0.25) is 0 Å². The summed E-state index contributed by atoms with van der Waals surface area (Å²) in [6.07, 6.45) is 2.43. The number of carbonyl (C=O) groups excluding carboxylic acids is 1. The second-order valence-corrected chi connectivity index (χ2v) is 6.42. The first-order valence-corrected chi connectivity index (χ1v) is 8.34. The molecule has 0 radical (unpaired) electrons. The predicted octanol–water partition coefficient (Wildman–Crippen LogP) is 3.43. The van der Waals surface area contributed by atoms with E-state index in [1.165, 1.54) is 24.9 Å². The Morgan fingerprint density at radius 1 is 1.09 bits per heavy atom. The summed E-state index contributed by atoms with van der Waals surface area (Å²) in [7, 11) is 2.15. The molecule has 1 atom stereocenters. The summed E-state index contributed by atoms with van der Waals surface area (Å²) >= 11 is 0. The van der Waals surface area contributed by atoms with Crippen molar-refractivity contribution in [3.8, 4) is 11.1 Å². The van der Waals surface area contributed by atoms with Crippen LogP contribution in [0.25, 0.3) is 11.1 Å². The fraction of sp³-hybridized carbons (Fsp3) is 0.350. The van der Waals surface area contributed by atoms with E-state index in [4.69, 9.17) is 0 Å². The lowest BCUT2D eigenvalue weighted by Gasteiger charge is -2.29. The molecule has 1 fully saturated rings. The summed E-state index contributed by atoms with van der Waals surface area (Å²) in [5, 5.41) is 3.08. The largest absolute Gasteiger partial charge is 0.352 e. The van der Waals surface area contributed by atoms with Gasteiger partial charge in [0, 0.05) is 18.7 Å². The first-order valence-electron chi connectivity index (χ1n) is 8.34. The fourth-order valence-electron chi connectivity index (χ4n) is 3.22. The summed E-state index contributed by atoms with van der Waals surface area (Å²) in [6, 6.07) is 18.1. The second-order valence-electron chi connectivity index (χ2n) is 6.42. The molecule has 23 heavy (non-hydrogen) atoms. The molecule has 3 rings (SSSR count). The van der Waals surface area contributed by atoms with Gasteiger partial charge in [0.2, 0.25) is 0 Å². The molecule has 1 saturated heterocycles. The molecule has 1 N–H and O–H groups in total. The molecule has 3 heteroatoms. The Bertz CT molecular complexity index is 636. The van der Waals surface area contributed by atoms with Crippen LogP contribution < -0.4 is 5.32 Å². The maximum Gasteiger partial charge on any atom is 0.251 e. The Labute approximate surface area is 138 Å². The van der Waals surface area contributed by atoms with Gasteiger partial charge in [-0.25, -0.2) is 0 Å². The summed E-state index contributed by atoms with van der Waals surface area (Å²) in [6.45, 7) is 3.02. The quantitative estimate of drug-likeness (QED) is 0.938. The Hall–Kier alpha value is -2.13. The number of rotatable bonds is 4. The van der Waals surface area contributed by atoms with Gasteiger partial charge in [-0.1, -0.05) is 42.5 Å². The van der Waals surface area contributed by atoms with Gasteiger partial charge in [0.25, 0.3) is 5.91 Å². The number of benzene rings is 2. The first kappa shape index (κ1) is 15.8. The molecule has 0 aromatic heterocycles. The van der Waals surface area contributed by atoms with Crippen LogP contribution in [0.3, 0.4) is 0 Å². The number of nitrogens with one attached hydrogen (secondary N) is 1. The molecule has 2 aromatic rings. The zero-order valence-corrected chi connectivity index (χ0v) is 13.7. The second kappa shape index (κ2) is 7.42. The smallest absolute Gasteiger partial charge is 0.251 e. The molecule has 1 heterocycles. The summed E-state index contributed by atoms with van der Waals surface area (Å²) in [5.74, 6) is 0.596. The van der Waals surface area contributed by atoms with Crippen molar-refractivity contribution in [3.63, 3.8) is 0 Å². The van der Waals surface area contributed by atoms with Crippen molar-refractivity contribution >= 4 is 5.91 Å². The third-order valence-corrected chi connectivity index (χ3v) is 4.53. The molecule has 3 nitrogen and oxygen atoms in total. The minimum atomic E-state index is 0.0258. The molecule has 1 aliphatic heterocycles. The van der Waals surface area contributed by atoms with E-state index in [1.54, 1.807) is 0 Å². The van der Waals surface area contributed by atoms with Crippen LogP contribution in [0.4, 0.5) is 0 Å². The summed E-state index contributed by atoms with van der Waals surface area (Å²) < 4.78 is 0. The lowest BCUT2D eigenvalue weighted by atomic mass is 9.98. The van der Waals surface area contributed by atoms with E-state index < -0.39 is 0 Å². The van der Waals surface area contributed by atoms with E-state index in [2.05, 4.69) is 29.4 Å². The monoisotopic (exact) mass is 308 g/mol. The lowest BCUT2D eigenvalue weighted by Crippen LogP contribution is -2.39. The van der Waals surface area contributed by atoms with Gasteiger partial charge in [0.15, 0.2) is 0 Å². The Morgan fingerprint density at radius 2 is 1.78 bits per heavy atom. The molecule has 1 aliphatic rings. The lowest BCUT2D eigenvalue weighted by molar-refractivity contribution is 0.0937. The molecule has 0 bridgehead atoms. The van der Waals surface area contributed by atoms with Crippen LogP contribution in [0.1, 0.15) is 23.2 Å². The highest BCUT2D eigenvalue weighted by molar-refractivity contribution is 5.94. The van der Waals surface area contributed by atoms with E-state index in [9.17, 15) is 4.79 Å². The maximum atomic E-state index is 12.3. The SMILES string of the molecule is CN1CCCC(CNC(=O)c2ccc(-c3ccccc3)cc2)C1. The fourth-order valence-corrected chi connectivity index (χ4v) is 3.22. The van der Waals surface area contributed by atoms with Crippen molar-refractivity contribution in [2.75, 3.05) is 26.7 Å². The van der Waals surface area contributed by atoms with Gasteiger partial charge in [-0.2, -0.15) is 0 Å². The third kappa shape index (κ3) is 4.20. The van der Waals surface area contributed by atoms with Gasteiger partial charge in [0.05, 0.1) is 0 Å². The zero-order chi connectivity index (χ0) is 16.1. The van der Waals surface area contributed by atoms with Crippen molar-refractivity contribution in [2.24, 2.45) is 5.92 Å². The number of hydrogen-bond acceptors (Lipinski definition) is 2. The van der Waals surface area contributed by atoms with E-state index in [0.29, 0.717) is 5.92 Å². The minimum absolute atomic E-state index is 0.0258. The van der Waals surface area contributed by atoms with Crippen molar-refractivity contribution in [1.82, 2.24) is 10.2 Å². The van der Waals surface area contributed by atoms with Crippen molar-refractivity contribution in [2.45, 2.75) is 12.8 Å². The molecule has 2 aromatic carbocycles. The van der Waals surface area contributed by atoms with Crippen molar-refractivity contribution in [1.29, 1.82) is 0 Å². The zero-order valence-electron chi connectivity index (χ0n) is 13.7. The van der Waals surface area contributed by atoms with Crippen LogP contribution in [0.15, 0.2) is 54.6 Å². The number of likely N-dealkylation sites (tertiary alicyclic amines) is 1. The van der Waals surface area contributed by atoms with E-state index in [0.717, 1.165) is 24.2 Å². The van der Waals surface area contributed by atoms with Crippen molar-refractivity contribution < 1.29 is 4.79 Å². The van der Waals surface area contributed by atoms with Crippen molar-refractivity contribution in [3.05, 3.63) is 60.2 Å². The topological polar surface area (TPSA) is 32.3 Å². The van der Waals surface area contributed by atoms with Crippen LogP contribution in [-0.2, 0) is 0 Å². The molecule has 1 amide bonds. The molecule has 120 valence electrons. The molecule has 1 unspecified atom stereocenters. The van der Waals surface area contributed by atoms with Crippen LogP contribution in [-0.4, -0.2) is 37.5 Å². The Kier molecular flexibility index (Phi) is 5.09. The molecule has 0 aliphatic carbocycles. The standard InChI is InChI=1S/C20H24N2O/c1-22-13-5-6-16(15-22)14-21-20(23)19-11-9-18(10-12-19)17-7-3-2-4-8-17/h2-4,7-12,16H,5-6,13-15H2,1H3,(H,21,23). The summed E-state index contributed by atoms with van der Waals surface area (Å²) in [5.41, 5.74) is 3.04. The van der Waals surface area contributed by atoms with Gasteiger partial charge in [-0.15, -0.1) is 0 Å². The average Bonchev–Trinajstić information content (AvgIpc) is 2.61. The third-order valence-electron chi connectivity index (χ3n) is 4.53. The molecule has 0 saturated carbocycles. The van der Waals surface area contributed by atoms with Gasteiger partial charge >= 0.3 is 0 Å². The maximum absolute atomic E-state index is 12.3. The minimum Gasteiger partial charge on any atom is -0.352 e. The highest BCUT2D eigenvalue weighted by Gasteiger charge is 2.18. The van der Waals surface area contributed by atoms with Crippen LogP contribution in [0, 0.1) is 5.92 Å². The number of nitrogens with zero attached hydrogens (tertiary/aromatic N) is 1. The molecular formula is C20H24N2O. The number of hydrogen-bond donors (Lipinski definition) is 1. The van der Waals surface area contributed by atoms with Gasteiger partial charge in [-0.3, -0.25) is 4.79 Å². The molecular weight excluding hydrogens is 284 g/mol. The molecule has 0 spiro atoms. The van der Waals surface area contributed by atoms with Crippen LogP contribution >= 0.6 is 0 Å². The van der Waals surface area contributed by atoms with Gasteiger partial charge in [0.1, 0.15) is 0 Å². The first-order chi connectivity index (χ1) is 11.2. The number of amides is 1. The van der Waals surface area contributed by atoms with Gasteiger partial charge in [-0.05, 0) is 55.6 Å².